The third-order valence-electron chi connectivity index (χ3n) is 4.33. The number of aromatic nitrogens is 2. The Morgan fingerprint density at radius 1 is 1.19 bits per heavy atom. The Morgan fingerprint density at radius 3 is 2.71 bits per heavy atom. The van der Waals surface area contributed by atoms with Gasteiger partial charge in [-0.05, 0) is 19.5 Å². The first-order valence-corrected chi connectivity index (χ1v) is 7.75. The summed E-state index contributed by atoms with van der Waals surface area (Å²) in [5.74, 6) is 0. The fourth-order valence-corrected chi connectivity index (χ4v) is 3.03. The molecule has 3 rings (SSSR count). The fraction of sp³-hybridized carbons (Fsp3) is 0.471. The molecule has 4 heteroatoms. The van der Waals surface area contributed by atoms with Crippen molar-refractivity contribution < 1.29 is 0 Å². The van der Waals surface area contributed by atoms with Gasteiger partial charge in [-0.1, -0.05) is 30.3 Å². The maximum Gasteiger partial charge on any atom is 0.0534 e. The Hall–Kier alpha value is -1.65. The number of benzene rings is 1. The minimum Gasteiger partial charge on any atom is -0.297 e. The van der Waals surface area contributed by atoms with Gasteiger partial charge in [0.2, 0.25) is 0 Å². The van der Waals surface area contributed by atoms with Crippen molar-refractivity contribution in [3.63, 3.8) is 0 Å². The van der Waals surface area contributed by atoms with Gasteiger partial charge >= 0.3 is 0 Å². The summed E-state index contributed by atoms with van der Waals surface area (Å²) >= 11 is 0. The van der Waals surface area contributed by atoms with E-state index in [0.717, 1.165) is 32.7 Å². The highest BCUT2D eigenvalue weighted by molar-refractivity contribution is 5.20. The summed E-state index contributed by atoms with van der Waals surface area (Å²) in [5, 5.41) is 4.37. The molecule has 0 bridgehead atoms. The molecule has 0 amide bonds. The van der Waals surface area contributed by atoms with E-state index in [1.54, 1.807) is 0 Å². The van der Waals surface area contributed by atoms with E-state index < -0.39 is 0 Å². The van der Waals surface area contributed by atoms with Crippen molar-refractivity contribution in [2.24, 2.45) is 0 Å². The molecule has 0 saturated carbocycles. The lowest BCUT2D eigenvalue weighted by Gasteiger charge is -2.39. The number of aryl methyl sites for hydroxylation is 1. The smallest absolute Gasteiger partial charge is 0.0534 e. The summed E-state index contributed by atoms with van der Waals surface area (Å²) in [6.45, 7) is 7.38. The van der Waals surface area contributed by atoms with Gasteiger partial charge in [0.25, 0.3) is 0 Å². The monoisotopic (exact) mass is 284 g/mol. The number of nitrogens with zero attached hydrogens (tertiary/aromatic N) is 4. The first kappa shape index (κ1) is 14.3. The Morgan fingerprint density at radius 2 is 2.00 bits per heavy atom. The SMILES string of the molecule is CCn1cc(CN2CCN(C)[C@@H](c3ccccc3)C2)cn1. The number of hydrogen-bond donors (Lipinski definition) is 0. The van der Waals surface area contributed by atoms with Crippen molar-refractivity contribution in [1.29, 1.82) is 0 Å². The molecule has 1 saturated heterocycles. The van der Waals surface area contributed by atoms with Crippen LogP contribution in [0.5, 0.6) is 0 Å². The van der Waals surface area contributed by atoms with Gasteiger partial charge in [-0.15, -0.1) is 0 Å². The standard InChI is InChI=1S/C17H24N4/c1-3-21-13-15(11-18-21)12-20-10-9-19(2)17(14-20)16-7-5-4-6-8-16/h4-8,11,13,17H,3,9-10,12,14H2,1-2H3/t17-/m1/s1. The molecular weight excluding hydrogens is 260 g/mol. The largest absolute Gasteiger partial charge is 0.297 e. The van der Waals surface area contributed by atoms with Crippen molar-refractivity contribution in [2.75, 3.05) is 26.7 Å². The second-order valence-electron chi connectivity index (χ2n) is 5.85. The molecule has 112 valence electrons. The lowest BCUT2D eigenvalue weighted by atomic mass is 10.0. The zero-order valence-corrected chi connectivity index (χ0v) is 12.9. The summed E-state index contributed by atoms with van der Waals surface area (Å²) in [7, 11) is 2.23. The normalized spacial score (nSPS) is 20.8. The van der Waals surface area contributed by atoms with Gasteiger partial charge in [0.15, 0.2) is 0 Å². The van der Waals surface area contributed by atoms with Crippen LogP contribution in [0.4, 0.5) is 0 Å². The number of piperazine rings is 1. The van der Waals surface area contributed by atoms with Crippen LogP contribution in [0.25, 0.3) is 0 Å². The average molecular weight is 284 g/mol. The molecule has 4 nitrogen and oxygen atoms in total. The first-order chi connectivity index (χ1) is 10.3. The van der Waals surface area contributed by atoms with E-state index in [9.17, 15) is 0 Å². The molecule has 0 spiro atoms. The molecule has 0 aliphatic carbocycles. The van der Waals surface area contributed by atoms with E-state index in [1.165, 1.54) is 11.1 Å². The van der Waals surface area contributed by atoms with E-state index in [2.05, 4.69) is 65.4 Å². The van der Waals surface area contributed by atoms with Crippen molar-refractivity contribution in [3.05, 3.63) is 53.9 Å². The van der Waals surface area contributed by atoms with Gasteiger partial charge in [0, 0.05) is 50.5 Å². The van der Waals surface area contributed by atoms with E-state index in [4.69, 9.17) is 0 Å². The Bertz CT molecular complexity index is 563. The van der Waals surface area contributed by atoms with Gasteiger partial charge in [0.05, 0.1) is 6.20 Å². The highest BCUT2D eigenvalue weighted by Crippen LogP contribution is 2.24. The van der Waals surface area contributed by atoms with Crippen molar-refractivity contribution in [2.45, 2.75) is 26.1 Å². The van der Waals surface area contributed by atoms with Crippen molar-refractivity contribution in [3.8, 4) is 0 Å². The zero-order chi connectivity index (χ0) is 14.7. The highest BCUT2D eigenvalue weighted by atomic mass is 15.3. The fourth-order valence-electron chi connectivity index (χ4n) is 3.03. The summed E-state index contributed by atoms with van der Waals surface area (Å²) in [4.78, 5) is 5.00. The van der Waals surface area contributed by atoms with Crippen LogP contribution >= 0.6 is 0 Å². The van der Waals surface area contributed by atoms with Gasteiger partial charge in [0.1, 0.15) is 0 Å². The molecule has 1 aromatic heterocycles. The van der Waals surface area contributed by atoms with Crippen LogP contribution in [0.15, 0.2) is 42.7 Å². The predicted molar refractivity (Wildman–Crippen MR) is 85.0 cm³/mol. The summed E-state index contributed by atoms with van der Waals surface area (Å²) < 4.78 is 2.00. The third kappa shape index (κ3) is 3.34. The van der Waals surface area contributed by atoms with Crippen LogP contribution in [-0.4, -0.2) is 46.3 Å². The molecule has 1 aromatic carbocycles. The average Bonchev–Trinajstić information content (AvgIpc) is 2.98. The van der Waals surface area contributed by atoms with E-state index in [1.807, 2.05) is 10.9 Å². The predicted octanol–water partition coefficient (Wildman–Crippen LogP) is 2.39. The van der Waals surface area contributed by atoms with Crippen molar-refractivity contribution >= 4 is 0 Å². The molecule has 1 atom stereocenters. The quantitative estimate of drug-likeness (QED) is 0.861. The summed E-state index contributed by atoms with van der Waals surface area (Å²) in [5.41, 5.74) is 2.72. The maximum atomic E-state index is 4.37. The molecule has 0 unspecified atom stereocenters. The van der Waals surface area contributed by atoms with Gasteiger partial charge in [-0.25, -0.2) is 0 Å². The molecule has 1 aliphatic heterocycles. The lowest BCUT2D eigenvalue weighted by molar-refractivity contribution is 0.0905. The zero-order valence-electron chi connectivity index (χ0n) is 12.9. The molecular formula is C17H24N4. The first-order valence-electron chi connectivity index (χ1n) is 7.75. The Labute approximate surface area is 127 Å². The number of rotatable bonds is 4. The summed E-state index contributed by atoms with van der Waals surface area (Å²) in [6, 6.07) is 11.3. The van der Waals surface area contributed by atoms with Crippen molar-refractivity contribution in [1.82, 2.24) is 19.6 Å². The Kier molecular flexibility index (Phi) is 4.36. The van der Waals surface area contributed by atoms with Crippen LogP contribution < -0.4 is 0 Å². The second-order valence-corrected chi connectivity index (χ2v) is 5.85. The second kappa shape index (κ2) is 6.41. The highest BCUT2D eigenvalue weighted by Gasteiger charge is 2.25. The topological polar surface area (TPSA) is 24.3 Å². The third-order valence-corrected chi connectivity index (χ3v) is 4.33. The number of likely N-dealkylation sites (N-methyl/N-ethyl adjacent to an activating group) is 1. The van der Waals surface area contributed by atoms with Crippen LogP contribution in [0.3, 0.4) is 0 Å². The van der Waals surface area contributed by atoms with Gasteiger partial charge < -0.3 is 0 Å². The molecule has 0 radical (unpaired) electrons. The van der Waals surface area contributed by atoms with Crippen LogP contribution in [0.1, 0.15) is 24.1 Å². The molecule has 1 aliphatic rings. The molecule has 2 heterocycles. The maximum absolute atomic E-state index is 4.37. The van der Waals surface area contributed by atoms with E-state index >= 15 is 0 Å². The minimum atomic E-state index is 0.487. The molecule has 0 N–H and O–H groups in total. The van der Waals surface area contributed by atoms with Gasteiger partial charge in [-0.2, -0.15) is 5.10 Å². The van der Waals surface area contributed by atoms with E-state index in [0.29, 0.717) is 6.04 Å². The van der Waals surface area contributed by atoms with Crippen LogP contribution in [0, 0.1) is 0 Å². The molecule has 2 aromatic rings. The van der Waals surface area contributed by atoms with E-state index in [-0.39, 0.29) is 0 Å². The van der Waals surface area contributed by atoms with Crippen LogP contribution in [0.2, 0.25) is 0 Å². The molecule has 21 heavy (non-hydrogen) atoms. The van der Waals surface area contributed by atoms with Gasteiger partial charge in [-0.3, -0.25) is 14.5 Å². The Balaban J connectivity index is 1.68. The minimum absolute atomic E-state index is 0.487. The summed E-state index contributed by atoms with van der Waals surface area (Å²) in [6.07, 6.45) is 4.16. The van der Waals surface area contributed by atoms with Crippen LogP contribution in [-0.2, 0) is 13.1 Å². The number of hydrogen-bond acceptors (Lipinski definition) is 3. The molecule has 1 fully saturated rings. The lowest BCUT2D eigenvalue weighted by Crippen LogP contribution is -2.46.